The maximum Gasteiger partial charge on any atom is 0.234 e. The SMILES string of the molecule is CCOc1ccc(NC(=O)CSc2nnc(C3CC3)n2C)cc1OCC. The van der Waals surface area contributed by atoms with E-state index in [0.29, 0.717) is 36.3 Å². The molecule has 0 spiro atoms. The molecule has 26 heavy (non-hydrogen) atoms. The number of hydrogen-bond donors (Lipinski definition) is 1. The molecule has 2 aromatic rings. The number of aromatic nitrogens is 3. The second kappa shape index (κ2) is 8.44. The summed E-state index contributed by atoms with van der Waals surface area (Å²) in [6, 6.07) is 5.40. The summed E-state index contributed by atoms with van der Waals surface area (Å²) >= 11 is 1.39. The number of nitrogens with zero attached hydrogens (tertiary/aromatic N) is 3. The molecule has 1 N–H and O–H groups in total. The topological polar surface area (TPSA) is 78.3 Å². The number of rotatable bonds is 9. The molecular formula is C18H24N4O3S. The van der Waals surface area contributed by atoms with Crippen molar-refractivity contribution in [2.24, 2.45) is 7.05 Å². The van der Waals surface area contributed by atoms with E-state index in [1.54, 1.807) is 6.07 Å². The number of benzene rings is 1. The highest BCUT2D eigenvalue weighted by Gasteiger charge is 2.29. The summed E-state index contributed by atoms with van der Waals surface area (Å²) in [7, 11) is 1.95. The zero-order chi connectivity index (χ0) is 18.5. The highest BCUT2D eigenvalue weighted by Crippen LogP contribution is 2.39. The van der Waals surface area contributed by atoms with Gasteiger partial charge in [-0.3, -0.25) is 4.79 Å². The largest absolute Gasteiger partial charge is 0.490 e. The molecule has 1 aromatic heterocycles. The van der Waals surface area contributed by atoms with Gasteiger partial charge in [-0.05, 0) is 38.8 Å². The molecule has 1 heterocycles. The molecule has 1 aliphatic rings. The van der Waals surface area contributed by atoms with Crippen molar-refractivity contribution in [2.75, 3.05) is 24.3 Å². The molecule has 7 nitrogen and oxygen atoms in total. The van der Waals surface area contributed by atoms with Crippen LogP contribution < -0.4 is 14.8 Å². The van der Waals surface area contributed by atoms with Crippen molar-refractivity contribution in [3.05, 3.63) is 24.0 Å². The Morgan fingerprint density at radius 2 is 1.96 bits per heavy atom. The highest BCUT2D eigenvalue weighted by molar-refractivity contribution is 7.99. The zero-order valence-electron chi connectivity index (χ0n) is 15.3. The average molecular weight is 376 g/mol. The average Bonchev–Trinajstić information content (AvgIpc) is 3.39. The van der Waals surface area contributed by atoms with Gasteiger partial charge in [0.25, 0.3) is 0 Å². The summed E-state index contributed by atoms with van der Waals surface area (Å²) < 4.78 is 13.1. The number of amides is 1. The van der Waals surface area contributed by atoms with Crippen LogP contribution >= 0.6 is 11.8 Å². The molecule has 0 unspecified atom stereocenters. The van der Waals surface area contributed by atoms with Crippen LogP contribution in [0.3, 0.4) is 0 Å². The first-order valence-corrected chi connectivity index (χ1v) is 9.82. The fourth-order valence-corrected chi connectivity index (χ4v) is 3.32. The summed E-state index contributed by atoms with van der Waals surface area (Å²) in [6.45, 7) is 4.92. The van der Waals surface area contributed by atoms with E-state index < -0.39 is 0 Å². The minimum absolute atomic E-state index is 0.0995. The lowest BCUT2D eigenvalue weighted by molar-refractivity contribution is -0.113. The Morgan fingerprint density at radius 1 is 1.23 bits per heavy atom. The maximum absolute atomic E-state index is 12.3. The predicted octanol–water partition coefficient (Wildman–Crippen LogP) is 3.22. The second-order valence-electron chi connectivity index (χ2n) is 6.04. The molecule has 140 valence electrons. The van der Waals surface area contributed by atoms with Crippen molar-refractivity contribution in [2.45, 2.75) is 37.8 Å². The molecule has 1 aliphatic carbocycles. The number of thioether (sulfide) groups is 1. The van der Waals surface area contributed by atoms with Gasteiger partial charge in [-0.15, -0.1) is 10.2 Å². The Labute approximate surface area is 157 Å². The summed E-state index contributed by atoms with van der Waals surface area (Å²) in [4.78, 5) is 12.3. The van der Waals surface area contributed by atoms with Crippen molar-refractivity contribution >= 4 is 23.4 Å². The quantitative estimate of drug-likeness (QED) is 0.677. The zero-order valence-corrected chi connectivity index (χ0v) is 16.1. The number of carbonyl (C=O) groups is 1. The van der Waals surface area contributed by atoms with Gasteiger partial charge in [-0.2, -0.15) is 0 Å². The molecule has 0 saturated heterocycles. The number of ether oxygens (including phenoxy) is 2. The van der Waals surface area contributed by atoms with Crippen molar-refractivity contribution in [1.29, 1.82) is 0 Å². The van der Waals surface area contributed by atoms with Crippen LogP contribution in [0.4, 0.5) is 5.69 Å². The van der Waals surface area contributed by atoms with E-state index >= 15 is 0 Å². The van der Waals surface area contributed by atoms with E-state index in [1.807, 2.05) is 37.6 Å². The number of carbonyl (C=O) groups excluding carboxylic acids is 1. The van der Waals surface area contributed by atoms with E-state index in [9.17, 15) is 4.79 Å². The maximum atomic E-state index is 12.3. The van der Waals surface area contributed by atoms with Gasteiger partial charge in [-0.1, -0.05) is 11.8 Å². The van der Waals surface area contributed by atoms with Gasteiger partial charge in [0.2, 0.25) is 5.91 Å². The van der Waals surface area contributed by atoms with Gasteiger partial charge >= 0.3 is 0 Å². The monoisotopic (exact) mass is 376 g/mol. The number of hydrogen-bond acceptors (Lipinski definition) is 6. The van der Waals surface area contributed by atoms with Crippen LogP contribution in [0.1, 0.15) is 38.4 Å². The normalized spacial score (nSPS) is 13.5. The fourth-order valence-electron chi connectivity index (χ4n) is 2.60. The van der Waals surface area contributed by atoms with Gasteiger partial charge < -0.3 is 19.4 Å². The number of anilines is 1. The van der Waals surface area contributed by atoms with Crippen LogP contribution in [0.25, 0.3) is 0 Å². The molecule has 3 rings (SSSR count). The molecule has 1 aromatic carbocycles. The van der Waals surface area contributed by atoms with Crippen LogP contribution in [0.15, 0.2) is 23.4 Å². The van der Waals surface area contributed by atoms with Crippen LogP contribution in [0.2, 0.25) is 0 Å². The predicted molar refractivity (Wildman–Crippen MR) is 101 cm³/mol. The third-order valence-electron chi connectivity index (χ3n) is 3.97. The molecule has 1 fully saturated rings. The lowest BCUT2D eigenvalue weighted by Gasteiger charge is -2.13. The van der Waals surface area contributed by atoms with E-state index in [1.165, 1.54) is 24.6 Å². The van der Waals surface area contributed by atoms with Gasteiger partial charge in [0.1, 0.15) is 5.82 Å². The molecule has 0 aliphatic heterocycles. The summed E-state index contributed by atoms with van der Waals surface area (Å²) in [5.74, 6) is 3.03. The van der Waals surface area contributed by atoms with E-state index in [2.05, 4.69) is 15.5 Å². The first-order chi connectivity index (χ1) is 12.6. The lowest BCUT2D eigenvalue weighted by atomic mass is 10.2. The summed E-state index contributed by atoms with van der Waals surface area (Å²) in [5, 5.41) is 12.1. The van der Waals surface area contributed by atoms with Crippen molar-refractivity contribution < 1.29 is 14.3 Å². The first kappa shape index (κ1) is 18.6. The third kappa shape index (κ3) is 4.49. The van der Waals surface area contributed by atoms with E-state index in [-0.39, 0.29) is 11.7 Å². The van der Waals surface area contributed by atoms with Crippen LogP contribution in [-0.4, -0.2) is 39.6 Å². The molecule has 1 amide bonds. The Bertz CT molecular complexity index is 774. The van der Waals surface area contributed by atoms with Crippen LogP contribution in [0.5, 0.6) is 11.5 Å². The lowest BCUT2D eigenvalue weighted by Crippen LogP contribution is -2.14. The highest BCUT2D eigenvalue weighted by atomic mass is 32.2. The van der Waals surface area contributed by atoms with Crippen LogP contribution in [0, 0.1) is 0 Å². The van der Waals surface area contributed by atoms with E-state index in [0.717, 1.165) is 11.0 Å². The number of nitrogens with one attached hydrogen (secondary N) is 1. The molecule has 1 saturated carbocycles. The Morgan fingerprint density at radius 3 is 2.65 bits per heavy atom. The van der Waals surface area contributed by atoms with E-state index in [4.69, 9.17) is 9.47 Å². The van der Waals surface area contributed by atoms with Gasteiger partial charge in [0.15, 0.2) is 16.7 Å². The Balaban J connectivity index is 1.58. The fraction of sp³-hybridized carbons (Fsp3) is 0.500. The molecule has 0 radical (unpaired) electrons. The summed E-state index contributed by atoms with van der Waals surface area (Å²) in [6.07, 6.45) is 2.36. The van der Waals surface area contributed by atoms with Crippen molar-refractivity contribution in [1.82, 2.24) is 14.8 Å². The van der Waals surface area contributed by atoms with Crippen molar-refractivity contribution in [3.63, 3.8) is 0 Å². The molecular weight excluding hydrogens is 352 g/mol. The molecule has 8 heteroatoms. The second-order valence-corrected chi connectivity index (χ2v) is 6.98. The van der Waals surface area contributed by atoms with Crippen molar-refractivity contribution in [3.8, 4) is 11.5 Å². The smallest absolute Gasteiger partial charge is 0.234 e. The Hall–Kier alpha value is -2.22. The van der Waals surface area contributed by atoms with Gasteiger partial charge in [0.05, 0.1) is 19.0 Å². The third-order valence-corrected chi connectivity index (χ3v) is 4.99. The standard InChI is InChI=1S/C18H24N4O3S/c1-4-24-14-9-8-13(10-15(14)25-5-2)19-16(23)11-26-18-21-20-17(22(18)3)12-6-7-12/h8-10,12H,4-7,11H2,1-3H3,(H,19,23). The summed E-state index contributed by atoms with van der Waals surface area (Å²) in [5.41, 5.74) is 0.680. The molecule has 0 bridgehead atoms. The minimum atomic E-state index is -0.0995. The van der Waals surface area contributed by atoms with Gasteiger partial charge in [0, 0.05) is 24.7 Å². The minimum Gasteiger partial charge on any atom is -0.490 e. The first-order valence-electron chi connectivity index (χ1n) is 8.84. The van der Waals surface area contributed by atoms with Crippen LogP contribution in [-0.2, 0) is 11.8 Å². The van der Waals surface area contributed by atoms with Gasteiger partial charge in [-0.25, -0.2) is 0 Å². The Kier molecular flexibility index (Phi) is 6.03. The molecule has 0 atom stereocenters.